The van der Waals surface area contributed by atoms with E-state index in [0.717, 1.165) is 16.7 Å². The van der Waals surface area contributed by atoms with E-state index in [2.05, 4.69) is 0 Å². The third-order valence-corrected chi connectivity index (χ3v) is 5.31. The number of nitro benzene ring substituents is 1. The lowest BCUT2D eigenvalue weighted by molar-refractivity contribution is -0.384. The monoisotopic (exact) mass is 377 g/mol. The van der Waals surface area contributed by atoms with E-state index in [1.54, 1.807) is 22.1 Å². The normalized spacial score (nSPS) is 17.2. The first-order chi connectivity index (χ1) is 13.5. The second-order valence-corrected chi connectivity index (χ2v) is 6.96. The number of rotatable bonds is 3. The number of hydrogen-bond donors (Lipinski definition) is 0. The van der Waals surface area contributed by atoms with E-state index in [-0.39, 0.29) is 23.9 Å². The van der Waals surface area contributed by atoms with Gasteiger partial charge in [-0.1, -0.05) is 30.3 Å². The first-order valence-electron chi connectivity index (χ1n) is 9.09. The van der Waals surface area contributed by atoms with Gasteiger partial charge in [0.25, 0.3) is 5.69 Å². The van der Waals surface area contributed by atoms with Crippen LogP contribution in [0.1, 0.15) is 36.1 Å². The van der Waals surface area contributed by atoms with Gasteiger partial charge in [-0.3, -0.25) is 19.7 Å². The van der Waals surface area contributed by atoms with E-state index in [0.29, 0.717) is 18.7 Å². The molecule has 4 rings (SSSR count). The van der Waals surface area contributed by atoms with Crippen molar-refractivity contribution < 1.29 is 14.5 Å². The molecule has 2 heterocycles. The lowest BCUT2D eigenvalue weighted by Gasteiger charge is -2.33. The van der Waals surface area contributed by atoms with Gasteiger partial charge in [-0.05, 0) is 29.2 Å². The van der Waals surface area contributed by atoms with Gasteiger partial charge in [0.05, 0.1) is 23.1 Å². The average molecular weight is 377 g/mol. The molecule has 0 radical (unpaired) electrons. The van der Waals surface area contributed by atoms with Gasteiger partial charge in [0, 0.05) is 31.8 Å². The fourth-order valence-electron chi connectivity index (χ4n) is 3.93. The predicted molar refractivity (Wildman–Crippen MR) is 105 cm³/mol. The molecule has 2 aromatic rings. The molecule has 7 heteroatoms. The minimum absolute atomic E-state index is 0.0326. The van der Waals surface area contributed by atoms with E-state index < -0.39 is 11.0 Å². The van der Waals surface area contributed by atoms with Crippen molar-refractivity contribution in [2.75, 3.05) is 11.4 Å². The summed E-state index contributed by atoms with van der Waals surface area (Å²) < 4.78 is 0. The van der Waals surface area contributed by atoms with Crippen molar-refractivity contribution >= 4 is 29.3 Å². The van der Waals surface area contributed by atoms with Gasteiger partial charge in [-0.15, -0.1) is 0 Å². The molecule has 0 spiro atoms. The highest BCUT2D eigenvalue weighted by molar-refractivity contribution is 5.96. The molecule has 0 aromatic heterocycles. The standard InChI is InChI=1S/C21H19N3O4/c1-14(25)22-10-8-15-4-2-3-5-18(15)20(22)13-21(26)23-11-9-16-6-7-17(24(27)28)12-19(16)23/h2-8,10,12,20H,9,11,13H2,1H3. The van der Waals surface area contributed by atoms with Crippen LogP contribution in [0.25, 0.3) is 6.08 Å². The molecule has 0 saturated heterocycles. The molecular formula is C21H19N3O4. The molecule has 142 valence electrons. The summed E-state index contributed by atoms with van der Waals surface area (Å²) in [6.45, 7) is 1.96. The Morgan fingerprint density at radius 3 is 2.75 bits per heavy atom. The lowest BCUT2D eigenvalue weighted by atomic mass is 9.93. The third kappa shape index (κ3) is 3.05. The maximum Gasteiger partial charge on any atom is 0.271 e. The van der Waals surface area contributed by atoms with Crippen LogP contribution in [0.5, 0.6) is 0 Å². The van der Waals surface area contributed by atoms with E-state index >= 15 is 0 Å². The second-order valence-electron chi connectivity index (χ2n) is 6.96. The molecule has 0 aliphatic carbocycles. The number of carbonyl (C=O) groups excluding carboxylic acids is 2. The van der Waals surface area contributed by atoms with Gasteiger partial charge in [0.1, 0.15) is 0 Å². The first-order valence-corrected chi connectivity index (χ1v) is 9.09. The van der Waals surface area contributed by atoms with E-state index in [1.165, 1.54) is 19.1 Å². The molecule has 2 aliphatic heterocycles. The largest absolute Gasteiger partial charge is 0.311 e. The molecule has 7 nitrogen and oxygen atoms in total. The molecule has 28 heavy (non-hydrogen) atoms. The highest BCUT2D eigenvalue weighted by atomic mass is 16.6. The SMILES string of the molecule is CC(=O)N1C=Cc2ccccc2C1CC(=O)N1CCc2ccc([N+](=O)[O-])cc21. The van der Waals surface area contributed by atoms with Crippen molar-refractivity contribution in [1.29, 1.82) is 0 Å². The number of hydrogen-bond acceptors (Lipinski definition) is 4. The van der Waals surface area contributed by atoms with Gasteiger partial charge in [-0.2, -0.15) is 0 Å². The molecule has 0 saturated carbocycles. The van der Waals surface area contributed by atoms with Crippen LogP contribution in [0.2, 0.25) is 0 Å². The number of carbonyl (C=O) groups is 2. The van der Waals surface area contributed by atoms with Crippen LogP contribution in [-0.2, 0) is 16.0 Å². The quantitative estimate of drug-likeness (QED) is 0.606. The number of amides is 2. The molecule has 2 amide bonds. The van der Waals surface area contributed by atoms with Crippen molar-refractivity contribution in [2.24, 2.45) is 0 Å². The van der Waals surface area contributed by atoms with Crippen LogP contribution < -0.4 is 4.90 Å². The Bertz CT molecular complexity index is 1010. The lowest BCUT2D eigenvalue weighted by Crippen LogP contribution is -2.37. The Kier molecular flexibility index (Phi) is 4.43. The van der Waals surface area contributed by atoms with Gasteiger partial charge < -0.3 is 9.80 Å². The summed E-state index contributed by atoms with van der Waals surface area (Å²) in [5, 5.41) is 11.1. The Balaban J connectivity index is 1.64. The van der Waals surface area contributed by atoms with Crippen molar-refractivity contribution in [1.82, 2.24) is 4.90 Å². The van der Waals surface area contributed by atoms with Crippen LogP contribution in [0.4, 0.5) is 11.4 Å². The highest BCUT2D eigenvalue weighted by Crippen LogP contribution is 2.36. The molecule has 0 fully saturated rings. The number of fused-ring (bicyclic) bond motifs is 2. The molecule has 2 aliphatic rings. The molecular weight excluding hydrogens is 358 g/mol. The average Bonchev–Trinajstić information content (AvgIpc) is 3.11. The summed E-state index contributed by atoms with van der Waals surface area (Å²) in [7, 11) is 0. The summed E-state index contributed by atoms with van der Waals surface area (Å²) in [5.74, 6) is -0.290. The second kappa shape index (κ2) is 6.92. The van der Waals surface area contributed by atoms with Crippen LogP contribution >= 0.6 is 0 Å². The summed E-state index contributed by atoms with van der Waals surface area (Å²) in [6.07, 6.45) is 4.36. The van der Waals surface area contributed by atoms with Crippen molar-refractivity contribution in [2.45, 2.75) is 25.8 Å². The number of anilines is 1. The molecule has 1 atom stereocenters. The van der Waals surface area contributed by atoms with E-state index in [1.807, 2.05) is 30.3 Å². The zero-order valence-electron chi connectivity index (χ0n) is 15.4. The minimum Gasteiger partial charge on any atom is -0.311 e. The molecule has 0 bridgehead atoms. The van der Waals surface area contributed by atoms with Gasteiger partial charge >= 0.3 is 0 Å². The Labute approximate surface area is 162 Å². The van der Waals surface area contributed by atoms with Gasteiger partial charge in [0.15, 0.2) is 0 Å². The van der Waals surface area contributed by atoms with Crippen molar-refractivity contribution in [3.63, 3.8) is 0 Å². The van der Waals surface area contributed by atoms with Crippen LogP contribution in [-0.4, -0.2) is 28.2 Å². The van der Waals surface area contributed by atoms with E-state index in [9.17, 15) is 19.7 Å². The Hall–Kier alpha value is -3.48. The molecule has 2 aromatic carbocycles. The minimum atomic E-state index is -0.457. The number of non-ortho nitro benzene ring substituents is 1. The first kappa shape index (κ1) is 17.9. The van der Waals surface area contributed by atoms with Gasteiger partial charge in [0.2, 0.25) is 11.8 Å². The van der Waals surface area contributed by atoms with Crippen LogP contribution in [0.3, 0.4) is 0 Å². The predicted octanol–water partition coefficient (Wildman–Crippen LogP) is 3.45. The fraction of sp³-hybridized carbons (Fsp3) is 0.238. The Morgan fingerprint density at radius 1 is 1.21 bits per heavy atom. The smallest absolute Gasteiger partial charge is 0.271 e. The van der Waals surface area contributed by atoms with E-state index in [4.69, 9.17) is 0 Å². The van der Waals surface area contributed by atoms with Crippen molar-refractivity contribution in [3.8, 4) is 0 Å². The number of benzene rings is 2. The number of nitrogens with zero attached hydrogens (tertiary/aromatic N) is 3. The summed E-state index contributed by atoms with van der Waals surface area (Å²) in [6, 6.07) is 11.9. The maximum atomic E-state index is 13.1. The Morgan fingerprint density at radius 2 is 2.00 bits per heavy atom. The maximum absolute atomic E-state index is 13.1. The summed E-state index contributed by atoms with van der Waals surface area (Å²) >= 11 is 0. The topological polar surface area (TPSA) is 83.8 Å². The third-order valence-electron chi connectivity index (χ3n) is 5.31. The van der Waals surface area contributed by atoms with Crippen molar-refractivity contribution in [3.05, 3.63) is 75.5 Å². The zero-order valence-corrected chi connectivity index (χ0v) is 15.4. The molecule has 0 N–H and O–H groups in total. The van der Waals surface area contributed by atoms with Crippen LogP contribution in [0, 0.1) is 10.1 Å². The molecule has 1 unspecified atom stereocenters. The summed E-state index contributed by atoms with van der Waals surface area (Å²) in [4.78, 5) is 39.1. The fourth-order valence-corrected chi connectivity index (χ4v) is 3.93. The van der Waals surface area contributed by atoms with Gasteiger partial charge in [-0.25, -0.2) is 0 Å². The zero-order chi connectivity index (χ0) is 19.8. The summed E-state index contributed by atoms with van der Waals surface area (Å²) in [5.41, 5.74) is 3.39. The van der Waals surface area contributed by atoms with Crippen LogP contribution in [0.15, 0.2) is 48.7 Å². The number of nitro groups is 1. The highest BCUT2D eigenvalue weighted by Gasteiger charge is 2.33.